The molecule has 6 aliphatic carbocycles. The summed E-state index contributed by atoms with van der Waals surface area (Å²) in [6, 6.07) is 22.9. The molecule has 0 spiro atoms. The van der Waals surface area contributed by atoms with Gasteiger partial charge in [-0.15, -0.1) is 0 Å². The number of hydrogen-bond donors (Lipinski definition) is 5. The number of rotatable bonds is 16. The number of allylic oxidation sites excluding steroid dienone is 4. The number of esters is 4. The van der Waals surface area contributed by atoms with E-state index in [0.717, 1.165) is 56.8 Å². The third-order valence-corrected chi connectivity index (χ3v) is 21.8. The molecule has 16 atom stereocenters. The average Bonchev–Trinajstić information content (AvgIpc) is 0.761. The first-order chi connectivity index (χ1) is 42.6. The number of benzene rings is 3. The molecule has 486 valence electrons. The van der Waals surface area contributed by atoms with Gasteiger partial charge in [-0.1, -0.05) is 157 Å². The van der Waals surface area contributed by atoms with E-state index in [1.165, 1.54) is 88.5 Å². The Morgan fingerprint density at radius 1 is 0.811 bits per heavy atom. The Balaban J connectivity index is 0.000000285. The van der Waals surface area contributed by atoms with Crippen LogP contribution in [0.1, 0.15) is 185 Å². The van der Waals surface area contributed by atoms with Crippen LogP contribution in [0.5, 0.6) is 0 Å². The van der Waals surface area contributed by atoms with Gasteiger partial charge in [0.1, 0.15) is 23.9 Å². The first-order valence-electron chi connectivity index (χ1n) is 32.5. The second-order valence-corrected chi connectivity index (χ2v) is 28.2. The third-order valence-electron chi connectivity index (χ3n) is 21.8. The highest BCUT2D eigenvalue weighted by molar-refractivity contribution is 5.96. The smallest absolute Gasteiger partial charge is 0.338 e. The Hall–Kier alpha value is -6.56. The van der Waals surface area contributed by atoms with Gasteiger partial charge in [0, 0.05) is 37.7 Å². The van der Waals surface area contributed by atoms with Crippen molar-refractivity contribution in [2.24, 2.45) is 45.8 Å². The quantitative estimate of drug-likeness (QED) is 0.0509. The van der Waals surface area contributed by atoms with Crippen molar-refractivity contribution in [3.8, 4) is 0 Å². The van der Waals surface area contributed by atoms with Crippen LogP contribution >= 0.6 is 0 Å². The van der Waals surface area contributed by atoms with Gasteiger partial charge in [0.2, 0.25) is 0 Å². The summed E-state index contributed by atoms with van der Waals surface area (Å²) in [6.45, 7) is 22.1. The highest BCUT2D eigenvalue weighted by atomic mass is 16.6. The van der Waals surface area contributed by atoms with Crippen molar-refractivity contribution in [3.05, 3.63) is 154 Å². The monoisotopic (exact) mass is 1240 g/mol. The lowest BCUT2D eigenvalue weighted by Gasteiger charge is -2.67. The van der Waals surface area contributed by atoms with Crippen LogP contribution in [0, 0.1) is 45.8 Å². The molecule has 6 fully saturated rings. The van der Waals surface area contributed by atoms with Crippen LogP contribution in [0.4, 0.5) is 0 Å². The number of aliphatic hydroxyl groups is 4. The highest BCUT2D eigenvalue weighted by Gasteiger charge is 2.78. The summed E-state index contributed by atoms with van der Waals surface area (Å²) in [5.74, 6) is -3.47. The number of ketones is 1. The van der Waals surface area contributed by atoms with E-state index >= 15 is 4.79 Å². The van der Waals surface area contributed by atoms with Gasteiger partial charge in [-0.05, 0) is 141 Å². The van der Waals surface area contributed by atoms with Gasteiger partial charge in [0.25, 0.3) is 5.91 Å². The third kappa shape index (κ3) is 13.1. The maximum absolute atomic E-state index is 15.5. The fourth-order valence-electron chi connectivity index (χ4n) is 16.8. The van der Waals surface area contributed by atoms with E-state index in [0.29, 0.717) is 11.0 Å². The maximum atomic E-state index is 15.5. The lowest BCUT2D eigenvalue weighted by atomic mass is 9.44. The van der Waals surface area contributed by atoms with Crippen LogP contribution in [0.3, 0.4) is 0 Å². The molecule has 90 heavy (non-hydrogen) atoms. The van der Waals surface area contributed by atoms with Gasteiger partial charge in [0.15, 0.2) is 23.6 Å². The number of ether oxygens (including phenoxy) is 5. The molecule has 3 aromatic rings. The Labute approximate surface area is 530 Å². The lowest BCUT2D eigenvalue weighted by molar-refractivity contribution is -0.346. The molecule has 1 saturated heterocycles. The van der Waals surface area contributed by atoms with Gasteiger partial charge in [0.05, 0.1) is 41.8 Å². The van der Waals surface area contributed by atoms with Crippen molar-refractivity contribution in [2.45, 2.75) is 213 Å². The van der Waals surface area contributed by atoms with Crippen LogP contribution in [0.15, 0.2) is 138 Å². The summed E-state index contributed by atoms with van der Waals surface area (Å²) in [6.07, 6.45) is 7.71. The van der Waals surface area contributed by atoms with Crippen molar-refractivity contribution in [2.75, 3.05) is 6.61 Å². The minimum Gasteiger partial charge on any atom is -0.456 e. The van der Waals surface area contributed by atoms with E-state index in [4.69, 9.17) is 23.7 Å². The fourth-order valence-corrected chi connectivity index (χ4v) is 16.8. The number of fused-ring (bicyclic) bond motifs is 6. The van der Waals surface area contributed by atoms with E-state index in [-0.39, 0.29) is 41.4 Å². The molecular weight excluding hydrogens is 1140 g/mol. The van der Waals surface area contributed by atoms with Crippen LogP contribution in [0.2, 0.25) is 0 Å². The topological polar surface area (TPSA) is 242 Å². The predicted octanol–water partition coefficient (Wildman–Crippen LogP) is 11.4. The van der Waals surface area contributed by atoms with E-state index in [9.17, 15) is 44.4 Å². The van der Waals surface area contributed by atoms with Crippen molar-refractivity contribution in [3.63, 3.8) is 0 Å². The number of aliphatic hydroxyl groups excluding tert-OH is 3. The van der Waals surface area contributed by atoms with Crippen molar-refractivity contribution in [1.29, 1.82) is 0 Å². The van der Waals surface area contributed by atoms with Crippen molar-refractivity contribution < 1.29 is 72.9 Å². The molecule has 16 nitrogen and oxygen atoms in total. The number of carbonyl (C=O) groups excluding carboxylic acids is 6. The first kappa shape index (κ1) is 67.8. The zero-order valence-electron chi connectivity index (χ0n) is 54.2. The van der Waals surface area contributed by atoms with Crippen LogP contribution < -0.4 is 5.32 Å². The Bertz CT molecular complexity index is 3240. The normalized spacial score (nSPS) is 33.7. The van der Waals surface area contributed by atoms with Crippen LogP contribution in [0.25, 0.3) is 0 Å². The first-order valence-corrected chi connectivity index (χ1v) is 32.5. The molecule has 5 saturated carbocycles. The van der Waals surface area contributed by atoms with E-state index in [1.54, 1.807) is 98.3 Å². The number of carbonyl (C=O) groups is 6. The molecule has 0 aromatic heterocycles. The zero-order chi connectivity index (χ0) is 65.3. The molecule has 2 bridgehead atoms. The number of Topliss-reactive ketones (excluding diaryl/α,β-unsaturated/α-hetero) is 1. The number of nitrogens with one attached hydrogen (secondary N) is 1. The minimum atomic E-state index is -2.39. The Kier molecular flexibility index (Phi) is 20.6. The maximum Gasteiger partial charge on any atom is 0.338 e. The predicted molar refractivity (Wildman–Crippen MR) is 339 cm³/mol. The van der Waals surface area contributed by atoms with Gasteiger partial charge in [-0.2, -0.15) is 0 Å². The van der Waals surface area contributed by atoms with Crippen molar-refractivity contribution in [1.82, 2.24) is 5.32 Å². The Morgan fingerprint density at radius 3 is 2.07 bits per heavy atom. The van der Waals surface area contributed by atoms with Gasteiger partial charge < -0.3 is 49.4 Å². The zero-order valence-corrected chi connectivity index (χ0v) is 54.2. The minimum absolute atomic E-state index is 0.00289. The lowest BCUT2D eigenvalue weighted by Crippen LogP contribution is -2.82. The molecule has 1 aliphatic heterocycles. The fraction of sp³-hybridized carbons (Fsp3) is 0.568. The summed E-state index contributed by atoms with van der Waals surface area (Å²) < 4.78 is 30.3. The van der Waals surface area contributed by atoms with Crippen LogP contribution in [-0.4, -0.2) is 117 Å². The molecule has 7 aliphatic rings. The van der Waals surface area contributed by atoms with Gasteiger partial charge in [-0.3, -0.25) is 19.2 Å². The van der Waals surface area contributed by atoms with Gasteiger partial charge in [-0.25, -0.2) is 9.59 Å². The highest BCUT2D eigenvalue weighted by Crippen LogP contribution is 2.65. The second kappa shape index (κ2) is 27.3. The summed E-state index contributed by atoms with van der Waals surface area (Å²) >= 11 is 0. The SMILES string of the molecule is C=C1CC[C@H](O)C/C1=C/C=C1\CCC[C@]2(C)[C@@H]([C@H](C)CCCC(C)C)CC[C@@H]12.CC(=O)O[C@H]1C(=O)[C@@]2(C)[C@H]([C@H](OC(=O)c3ccccc3)[C@]3(O)C[C@H](OC(=O)[C@H](O)[C@@H](NC(=O)c4ccccc4)c4ccccc4)C(C)=C1C3(C)C)[C@]1(OC(C)=O)CO[C@@H]1C[C@@H]2O. The summed E-state index contributed by atoms with van der Waals surface area (Å²) in [4.78, 5) is 83.5. The number of amides is 1. The van der Waals surface area contributed by atoms with Crippen molar-refractivity contribution >= 4 is 35.6 Å². The molecule has 3 aromatic carbocycles. The molecule has 10 rings (SSSR count). The molecule has 1 heterocycles. The summed E-state index contributed by atoms with van der Waals surface area (Å²) in [7, 11) is 0. The van der Waals surface area contributed by atoms with E-state index in [2.05, 4.69) is 51.7 Å². The van der Waals surface area contributed by atoms with E-state index in [1.807, 2.05) is 0 Å². The largest absolute Gasteiger partial charge is 0.456 e. The Morgan fingerprint density at radius 2 is 1.46 bits per heavy atom. The van der Waals surface area contributed by atoms with Crippen LogP contribution in [-0.2, 0) is 42.9 Å². The van der Waals surface area contributed by atoms with E-state index < -0.39 is 113 Å². The molecule has 0 unspecified atom stereocenters. The number of hydrogen-bond acceptors (Lipinski definition) is 15. The standard InChI is InChI=1S/C47H51NO14.C27H44O/c1-25-31(60-43(56)36(52)35(28-16-10-7-11-17-28)48-41(54)29-18-12-8-13-19-29)23-47(57)40(61-42(55)30-20-14-9-15-21-30)38-45(6,32(51)22-33-46(38,24-58-33)62-27(3)50)39(53)37(59-26(2)49)34(25)44(47,4)5;1-19(2)8-6-9-21(4)25-15-16-26-22(10-7-17-27(25,26)5)12-13-23-18-24(28)14-11-20(23)3/h7-21,31-33,35-38,40,51-52,57H,22-24H2,1-6H3,(H,48,54);12-13,19,21,24-26,28H,3,6-11,14-18H2,1-2,4-5H3/b;22-12+,23-13-/t31-,32-,33+,35-,36+,37+,38-,40-,45+,46-,47+;21-,24+,25-,26+,27-/m01/s1. The van der Waals surface area contributed by atoms with Gasteiger partial charge >= 0.3 is 23.9 Å². The second-order valence-electron chi connectivity index (χ2n) is 28.2. The summed E-state index contributed by atoms with van der Waals surface area (Å²) in [5.41, 5.74) is -2.30. The molecule has 0 radical (unpaired) electrons. The molecule has 1 amide bonds. The average molecular weight is 1240 g/mol. The molecule has 16 heteroatoms. The summed E-state index contributed by atoms with van der Waals surface area (Å²) in [5, 5.41) is 50.3. The molecule has 5 N–H and O–H groups in total. The molecular formula is C74H95NO15.